The molecule has 0 saturated carbocycles. The van der Waals surface area contributed by atoms with Gasteiger partial charge in [0.25, 0.3) is 5.56 Å². The highest BCUT2D eigenvalue weighted by Crippen LogP contribution is 2.20. The van der Waals surface area contributed by atoms with Crippen LogP contribution in [-0.2, 0) is 4.79 Å². The molecule has 0 aromatic carbocycles. The number of anilines is 1. The third kappa shape index (κ3) is 2.13. The van der Waals surface area contributed by atoms with E-state index in [-0.39, 0.29) is 23.1 Å². The van der Waals surface area contributed by atoms with Gasteiger partial charge in [-0.3, -0.25) is 9.59 Å². The molecule has 1 aromatic rings. The molecular weight excluding hydrogens is 238 g/mol. The van der Waals surface area contributed by atoms with Gasteiger partial charge in [-0.25, -0.2) is 0 Å². The van der Waals surface area contributed by atoms with E-state index in [4.69, 9.17) is 10.9 Å². The van der Waals surface area contributed by atoms with Crippen molar-refractivity contribution < 1.29 is 9.90 Å². The molecule has 2 heterocycles. The zero-order chi connectivity index (χ0) is 13.3. The Morgan fingerprint density at radius 3 is 2.56 bits per heavy atom. The van der Waals surface area contributed by atoms with E-state index in [2.05, 4.69) is 10.2 Å². The van der Waals surface area contributed by atoms with Gasteiger partial charge < -0.3 is 15.8 Å². The Morgan fingerprint density at radius 1 is 1.39 bits per heavy atom. The summed E-state index contributed by atoms with van der Waals surface area (Å²) in [7, 11) is 0. The minimum absolute atomic E-state index is 0.238. The molecule has 0 atom stereocenters. The van der Waals surface area contributed by atoms with Crippen LogP contribution in [0.5, 0.6) is 0 Å². The first kappa shape index (κ1) is 12.3. The molecule has 98 valence electrons. The molecule has 0 unspecified atom stereocenters. The fourth-order valence-corrected chi connectivity index (χ4v) is 2.02. The molecule has 1 aliphatic rings. The standard InChI is InChI=1S/C10H15N5O3/c1-6-8(16)15(11)10(13-12-6)14-4-2-7(3-5-14)9(17)18/h7H,2-5,11H2,1H3,(H,17,18). The number of aromatic nitrogens is 3. The maximum atomic E-state index is 11.6. The summed E-state index contributed by atoms with van der Waals surface area (Å²) < 4.78 is 0.962. The Labute approximate surface area is 103 Å². The predicted octanol–water partition coefficient (Wildman–Crippen LogP) is -1.04. The summed E-state index contributed by atoms with van der Waals surface area (Å²) in [6.07, 6.45) is 1.03. The second-order valence-electron chi connectivity index (χ2n) is 4.36. The highest BCUT2D eigenvalue weighted by atomic mass is 16.4. The zero-order valence-corrected chi connectivity index (χ0v) is 10.0. The topological polar surface area (TPSA) is 114 Å². The molecule has 1 fully saturated rings. The van der Waals surface area contributed by atoms with Crippen molar-refractivity contribution in [1.82, 2.24) is 14.9 Å². The SMILES string of the molecule is Cc1nnc(N2CCC(C(=O)O)CC2)n(N)c1=O. The quantitative estimate of drug-likeness (QED) is 0.647. The zero-order valence-electron chi connectivity index (χ0n) is 10.0. The van der Waals surface area contributed by atoms with Gasteiger partial charge in [-0.15, -0.1) is 10.2 Å². The molecule has 0 radical (unpaired) electrons. The fraction of sp³-hybridized carbons (Fsp3) is 0.600. The molecule has 0 amide bonds. The van der Waals surface area contributed by atoms with Crippen LogP contribution in [0.2, 0.25) is 0 Å². The van der Waals surface area contributed by atoms with Crippen molar-refractivity contribution in [2.75, 3.05) is 23.8 Å². The van der Waals surface area contributed by atoms with Gasteiger partial charge in [-0.1, -0.05) is 0 Å². The van der Waals surface area contributed by atoms with Crippen LogP contribution in [0.1, 0.15) is 18.5 Å². The van der Waals surface area contributed by atoms with Crippen LogP contribution in [0.4, 0.5) is 5.95 Å². The number of nitrogen functional groups attached to an aromatic ring is 1. The summed E-state index contributed by atoms with van der Waals surface area (Å²) in [5.74, 6) is 4.82. The maximum Gasteiger partial charge on any atom is 0.306 e. The number of hydrogen-bond donors (Lipinski definition) is 2. The minimum Gasteiger partial charge on any atom is -0.481 e. The van der Waals surface area contributed by atoms with E-state index in [0.717, 1.165) is 4.68 Å². The van der Waals surface area contributed by atoms with Crippen LogP contribution in [0.15, 0.2) is 4.79 Å². The van der Waals surface area contributed by atoms with E-state index in [1.165, 1.54) is 0 Å². The van der Waals surface area contributed by atoms with Crippen molar-refractivity contribution in [3.8, 4) is 0 Å². The van der Waals surface area contributed by atoms with Gasteiger partial charge in [0.1, 0.15) is 5.69 Å². The van der Waals surface area contributed by atoms with Gasteiger partial charge in [-0.05, 0) is 19.8 Å². The summed E-state index contributed by atoms with van der Waals surface area (Å²) in [5, 5.41) is 16.5. The van der Waals surface area contributed by atoms with Crippen LogP contribution >= 0.6 is 0 Å². The summed E-state index contributed by atoms with van der Waals surface area (Å²) >= 11 is 0. The van der Waals surface area contributed by atoms with E-state index < -0.39 is 5.97 Å². The van der Waals surface area contributed by atoms with Crippen molar-refractivity contribution in [3.05, 3.63) is 16.0 Å². The highest BCUT2D eigenvalue weighted by molar-refractivity contribution is 5.70. The molecule has 1 aromatic heterocycles. The highest BCUT2D eigenvalue weighted by Gasteiger charge is 2.26. The van der Waals surface area contributed by atoms with Crippen molar-refractivity contribution in [3.63, 3.8) is 0 Å². The monoisotopic (exact) mass is 253 g/mol. The Kier molecular flexibility index (Phi) is 3.17. The maximum absolute atomic E-state index is 11.6. The average molecular weight is 253 g/mol. The fourth-order valence-electron chi connectivity index (χ4n) is 2.02. The molecule has 1 saturated heterocycles. The normalized spacial score (nSPS) is 16.8. The Morgan fingerprint density at radius 2 is 2.00 bits per heavy atom. The largest absolute Gasteiger partial charge is 0.481 e. The number of nitrogens with zero attached hydrogens (tertiary/aromatic N) is 4. The second-order valence-corrected chi connectivity index (χ2v) is 4.36. The lowest BCUT2D eigenvalue weighted by Crippen LogP contribution is -2.43. The minimum atomic E-state index is -0.783. The third-order valence-corrected chi connectivity index (χ3v) is 3.16. The number of rotatable bonds is 2. The number of piperidine rings is 1. The van der Waals surface area contributed by atoms with E-state index >= 15 is 0 Å². The number of hydrogen-bond acceptors (Lipinski definition) is 6. The first-order valence-corrected chi connectivity index (χ1v) is 5.70. The average Bonchev–Trinajstić information content (AvgIpc) is 2.36. The number of aryl methyl sites for hydroxylation is 1. The van der Waals surface area contributed by atoms with Crippen molar-refractivity contribution >= 4 is 11.9 Å². The lowest BCUT2D eigenvalue weighted by atomic mass is 9.97. The third-order valence-electron chi connectivity index (χ3n) is 3.16. The molecule has 0 bridgehead atoms. The van der Waals surface area contributed by atoms with E-state index in [9.17, 15) is 9.59 Å². The van der Waals surface area contributed by atoms with Gasteiger partial charge in [0, 0.05) is 13.1 Å². The first-order chi connectivity index (χ1) is 8.50. The molecule has 18 heavy (non-hydrogen) atoms. The number of nitrogens with two attached hydrogens (primary N) is 1. The summed E-state index contributed by atoms with van der Waals surface area (Å²) in [5.41, 5.74) is -0.151. The summed E-state index contributed by atoms with van der Waals surface area (Å²) in [6, 6.07) is 0. The Balaban J connectivity index is 2.18. The molecule has 0 spiro atoms. The molecule has 8 heteroatoms. The molecular formula is C10H15N5O3. The molecule has 0 aliphatic carbocycles. The number of aliphatic carboxylic acids is 1. The summed E-state index contributed by atoms with van der Waals surface area (Å²) in [4.78, 5) is 24.2. The second kappa shape index (κ2) is 4.63. The van der Waals surface area contributed by atoms with Gasteiger partial charge in [0.05, 0.1) is 5.92 Å². The van der Waals surface area contributed by atoms with Crippen LogP contribution in [-0.4, -0.2) is 39.0 Å². The number of carboxylic acid groups (broad SMARTS) is 1. The van der Waals surface area contributed by atoms with Gasteiger partial charge in [0.15, 0.2) is 0 Å². The molecule has 1 aliphatic heterocycles. The van der Waals surface area contributed by atoms with Crippen molar-refractivity contribution in [2.24, 2.45) is 5.92 Å². The first-order valence-electron chi connectivity index (χ1n) is 5.70. The van der Waals surface area contributed by atoms with Crippen LogP contribution in [0, 0.1) is 12.8 Å². The summed E-state index contributed by atoms with van der Waals surface area (Å²) in [6.45, 7) is 2.55. The Hall–Kier alpha value is -2.12. The smallest absolute Gasteiger partial charge is 0.306 e. The van der Waals surface area contributed by atoms with Gasteiger partial charge in [0.2, 0.25) is 5.95 Å². The molecule has 3 N–H and O–H groups in total. The Bertz CT molecular complexity index is 519. The predicted molar refractivity (Wildman–Crippen MR) is 63.8 cm³/mol. The van der Waals surface area contributed by atoms with E-state index in [0.29, 0.717) is 25.9 Å². The van der Waals surface area contributed by atoms with Crippen LogP contribution < -0.4 is 16.3 Å². The van der Waals surface area contributed by atoms with Gasteiger partial charge in [-0.2, -0.15) is 4.68 Å². The van der Waals surface area contributed by atoms with E-state index in [1.807, 2.05) is 0 Å². The van der Waals surface area contributed by atoms with E-state index in [1.54, 1.807) is 11.8 Å². The molecule has 8 nitrogen and oxygen atoms in total. The number of carboxylic acids is 1. The van der Waals surface area contributed by atoms with Crippen LogP contribution in [0.3, 0.4) is 0 Å². The van der Waals surface area contributed by atoms with Gasteiger partial charge >= 0.3 is 5.97 Å². The number of carbonyl (C=O) groups is 1. The van der Waals surface area contributed by atoms with Crippen LogP contribution in [0.25, 0.3) is 0 Å². The lowest BCUT2D eigenvalue weighted by Gasteiger charge is -2.30. The van der Waals surface area contributed by atoms with Crippen molar-refractivity contribution in [2.45, 2.75) is 19.8 Å². The lowest BCUT2D eigenvalue weighted by molar-refractivity contribution is -0.142. The molecule has 2 rings (SSSR count). The van der Waals surface area contributed by atoms with Crippen molar-refractivity contribution in [1.29, 1.82) is 0 Å².